The van der Waals surface area contributed by atoms with Crippen LogP contribution in [0.25, 0.3) is 0 Å². The molecule has 1 fully saturated rings. The minimum absolute atomic E-state index is 0.189. The van der Waals surface area contributed by atoms with E-state index in [4.69, 9.17) is 9.15 Å². The van der Waals surface area contributed by atoms with E-state index in [0.717, 1.165) is 32.1 Å². The van der Waals surface area contributed by atoms with Crippen LogP contribution in [0.3, 0.4) is 0 Å². The van der Waals surface area contributed by atoms with E-state index in [2.05, 4.69) is 11.5 Å². The first-order valence-corrected chi connectivity index (χ1v) is 4.89. The molecule has 1 aliphatic heterocycles. The van der Waals surface area contributed by atoms with E-state index < -0.39 is 0 Å². The van der Waals surface area contributed by atoms with E-state index >= 15 is 0 Å². The molecule has 1 aromatic rings. The van der Waals surface area contributed by atoms with Crippen molar-refractivity contribution >= 4 is 0 Å². The van der Waals surface area contributed by atoms with Gasteiger partial charge in [0.1, 0.15) is 5.76 Å². The molecule has 0 N–H and O–H groups in total. The van der Waals surface area contributed by atoms with E-state index in [-0.39, 0.29) is 6.04 Å². The van der Waals surface area contributed by atoms with Crippen molar-refractivity contribution in [3.8, 4) is 0 Å². The van der Waals surface area contributed by atoms with Crippen molar-refractivity contribution < 1.29 is 9.15 Å². The highest BCUT2D eigenvalue weighted by Crippen LogP contribution is 2.22. The lowest BCUT2D eigenvalue weighted by molar-refractivity contribution is 0.0217. The van der Waals surface area contributed by atoms with Crippen LogP contribution in [0.4, 0.5) is 0 Å². The maximum atomic E-state index is 5.39. The maximum Gasteiger partial charge on any atom is 0.124 e. The highest BCUT2D eigenvalue weighted by atomic mass is 16.5. The van der Waals surface area contributed by atoms with Gasteiger partial charge in [-0.15, -0.1) is 6.58 Å². The highest BCUT2D eigenvalue weighted by molar-refractivity contribution is 5.10. The van der Waals surface area contributed by atoms with Gasteiger partial charge in [-0.3, -0.25) is 4.90 Å². The molecule has 1 atom stereocenters. The smallest absolute Gasteiger partial charge is 0.124 e. The second-order valence-corrected chi connectivity index (χ2v) is 3.34. The van der Waals surface area contributed by atoms with Gasteiger partial charge in [0.2, 0.25) is 0 Å². The average Bonchev–Trinajstić information content (AvgIpc) is 2.74. The molecule has 0 aromatic carbocycles. The Kier molecular flexibility index (Phi) is 3.01. The van der Waals surface area contributed by atoms with E-state index in [1.807, 2.05) is 18.2 Å². The largest absolute Gasteiger partial charge is 0.467 e. The minimum atomic E-state index is 0.189. The minimum Gasteiger partial charge on any atom is -0.467 e. The molecule has 0 aliphatic carbocycles. The number of ether oxygens (including phenoxy) is 1. The number of rotatable bonds is 3. The van der Waals surface area contributed by atoms with Crippen molar-refractivity contribution in [1.29, 1.82) is 0 Å². The topological polar surface area (TPSA) is 25.6 Å². The number of nitrogens with zero attached hydrogens (tertiary/aromatic N) is 1. The monoisotopic (exact) mass is 193 g/mol. The van der Waals surface area contributed by atoms with Gasteiger partial charge in [-0.2, -0.15) is 0 Å². The summed E-state index contributed by atoms with van der Waals surface area (Å²) in [6.45, 7) is 7.33. The molecule has 0 saturated carbocycles. The van der Waals surface area contributed by atoms with Crippen LogP contribution < -0.4 is 0 Å². The summed E-state index contributed by atoms with van der Waals surface area (Å²) in [6.07, 6.45) is 3.62. The van der Waals surface area contributed by atoms with Gasteiger partial charge in [0.05, 0.1) is 25.5 Å². The fourth-order valence-electron chi connectivity index (χ4n) is 1.76. The molecule has 2 heterocycles. The van der Waals surface area contributed by atoms with E-state index in [0.29, 0.717) is 0 Å². The van der Waals surface area contributed by atoms with Crippen LogP contribution in [0.5, 0.6) is 0 Å². The summed E-state index contributed by atoms with van der Waals surface area (Å²) < 4.78 is 10.7. The van der Waals surface area contributed by atoms with Crippen LogP contribution in [0.2, 0.25) is 0 Å². The predicted octanol–water partition coefficient (Wildman–Crippen LogP) is 1.84. The third-order valence-corrected chi connectivity index (χ3v) is 2.50. The van der Waals surface area contributed by atoms with Crippen LogP contribution in [0.1, 0.15) is 11.8 Å². The first-order chi connectivity index (χ1) is 6.92. The lowest BCUT2D eigenvalue weighted by atomic mass is 10.2. The standard InChI is InChI=1S/C11H15NO2/c1-2-10(11-4-3-7-14-11)12-5-8-13-9-6-12/h2-4,7,10H,1,5-6,8-9H2/t10-/m1/s1. The van der Waals surface area contributed by atoms with Gasteiger partial charge >= 0.3 is 0 Å². The quantitative estimate of drug-likeness (QED) is 0.685. The molecule has 14 heavy (non-hydrogen) atoms. The maximum absolute atomic E-state index is 5.39. The van der Waals surface area contributed by atoms with Crippen molar-refractivity contribution in [3.05, 3.63) is 36.8 Å². The SMILES string of the molecule is C=C[C@H](c1ccco1)N1CCOCC1. The number of hydrogen-bond donors (Lipinski definition) is 0. The molecule has 1 aromatic heterocycles. The highest BCUT2D eigenvalue weighted by Gasteiger charge is 2.21. The first-order valence-electron chi connectivity index (χ1n) is 4.89. The van der Waals surface area contributed by atoms with Crippen LogP contribution in [-0.2, 0) is 4.74 Å². The number of hydrogen-bond acceptors (Lipinski definition) is 3. The second kappa shape index (κ2) is 4.44. The van der Waals surface area contributed by atoms with Crippen molar-refractivity contribution in [2.45, 2.75) is 6.04 Å². The van der Waals surface area contributed by atoms with Crippen LogP contribution in [0.15, 0.2) is 35.5 Å². The van der Waals surface area contributed by atoms with Crippen LogP contribution in [-0.4, -0.2) is 31.2 Å². The molecule has 76 valence electrons. The molecular weight excluding hydrogens is 178 g/mol. The molecule has 1 saturated heterocycles. The van der Waals surface area contributed by atoms with Gasteiger partial charge in [-0.25, -0.2) is 0 Å². The Morgan fingerprint density at radius 2 is 2.21 bits per heavy atom. The zero-order chi connectivity index (χ0) is 9.80. The van der Waals surface area contributed by atoms with Gasteiger partial charge < -0.3 is 9.15 Å². The zero-order valence-corrected chi connectivity index (χ0v) is 8.19. The molecule has 0 spiro atoms. The first kappa shape index (κ1) is 9.49. The van der Waals surface area contributed by atoms with Crippen LogP contribution in [0, 0.1) is 0 Å². The van der Waals surface area contributed by atoms with E-state index in [9.17, 15) is 0 Å². The lowest BCUT2D eigenvalue weighted by Gasteiger charge is -2.31. The molecule has 1 aliphatic rings. The molecule has 2 rings (SSSR count). The van der Waals surface area contributed by atoms with Gasteiger partial charge in [0.25, 0.3) is 0 Å². The molecule has 3 nitrogen and oxygen atoms in total. The van der Waals surface area contributed by atoms with Crippen molar-refractivity contribution in [2.75, 3.05) is 26.3 Å². The normalized spacial score (nSPS) is 20.6. The molecule has 0 radical (unpaired) electrons. The van der Waals surface area contributed by atoms with Crippen molar-refractivity contribution in [1.82, 2.24) is 4.90 Å². The number of morpholine rings is 1. The fraction of sp³-hybridized carbons (Fsp3) is 0.455. The van der Waals surface area contributed by atoms with E-state index in [1.165, 1.54) is 0 Å². The molecular formula is C11H15NO2. The zero-order valence-electron chi connectivity index (χ0n) is 8.19. The predicted molar refractivity (Wildman–Crippen MR) is 54.0 cm³/mol. The fourth-order valence-corrected chi connectivity index (χ4v) is 1.76. The van der Waals surface area contributed by atoms with Gasteiger partial charge in [-0.05, 0) is 12.1 Å². The summed E-state index contributed by atoms with van der Waals surface area (Å²) in [7, 11) is 0. The van der Waals surface area contributed by atoms with Crippen molar-refractivity contribution in [2.24, 2.45) is 0 Å². The summed E-state index contributed by atoms with van der Waals surface area (Å²) in [5, 5.41) is 0. The number of furan rings is 1. The average molecular weight is 193 g/mol. The third-order valence-electron chi connectivity index (χ3n) is 2.50. The Morgan fingerprint density at radius 3 is 2.79 bits per heavy atom. The van der Waals surface area contributed by atoms with Crippen LogP contribution >= 0.6 is 0 Å². The summed E-state index contributed by atoms with van der Waals surface area (Å²) in [5.41, 5.74) is 0. The Hall–Kier alpha value is -1.06. The summed E-state index contributed by atoms with van der Waals surface area (Å²) in [5.74, 6) is 0.960. The lowest BCUT2D eigenvalue weighted by Crippen LogP contribution is -2.38. The Morgan fingerprint density at radius 1 is 1.43 bits per heavy atom. The van der Waals surface area contributed by atoms with Gasteiger partial charge in [-0.1, -0.05) is 6.08 Å². The summed E-state index contributed by atoms with van der Waals surface area (Å²) in [4.78, 5) is 2.31. The van der Waals surface area contributed by atoms with Crippen molar-refractivity contribution in [3.63, 3.8) is 0 Å². The van der Waals surface area contributed by atoms with E-state index in [1.54, 1.807) is 6.26 Å². The molecule has 0 bridgehead atoms. The Bertz CT molecular complexity index is 275. The second-order valence-electron chi connectivity index (χ2n) is 3.34. The van der Waals surface area contributed by atoms with Gasteiger partial charge in [0.15, 0.2) is 0 Å². The third kappa shape index (κ3) is 1.89. The summed E-state index contributed by atoms with van der Waals surface area (Å²) in [6, 6.07) is 4.09. The molecule has 0 amide bonds. The molecule has 0 unspecified atom stereocenters. The Balaban J connectivity index is 2.08. The Labute approximate surface area is 84.0 Å². The molecule has 3 heteroatoms. The van der Waals surface area contributed by atoms with Gasteiger partial charge in [0, 0.05) is 13.1 Å². The summed E-state index contributed by atoms with van der Waals surface area (Å²) >= 11 is 0.